The van der Waals surface area contributed by atoms with Gasteiger partial charge >= 0.3 is 5.97 Å². The third-order valence-corrected chi connectivity index (χ3v) is 5.01. The summed E-state index contributed by atoms with van der Waals surface area (Å²) in [5.74, 6) is 1.04. The summed E-state index contributed by atoms with van der Waals surface area (Å²) in [5.41, 5.74) is -0.772. The highest BCUT2D eigenvalue weighted by Crippen LogP contribution is 2.39. The van der Waals surface area contributed by atoms with Crippen molar-refractivity contribution in [3.63, 3.8) is 0 Å². The summed E-state index contributed by atoms with van der Waals surface area (Å²) in [6.45, 7) is 6.42. The molecule has 0 saturated heterocycles. The molecule has 1 saturated carbocycles. The zero-order chi connectivity index (χ0) is 14.8. The Kier molecular flexibility index (Phi) is 4.40. The van der Waals surface area contributed by atoms with Crippen LogP contribution in [0.15, 0.2) is 0 Å². The van der Waals surface area contributed by atoms with Crippen molar-refractivity contribution in [3.8, 4) is 0 Å². The first-order valence-electron chi connectivity index (χ1n) is 7.53. The lowest BCUT2D eigenvalue weighted by Crippen LogP contribution is -2.35. The number of nitrogens with zero attached hydrogens (tertiary/aromatic N) is 4. The van der Waals surface area contributed by atoms with Crippen molar-refractivity contribution in [2.24, 2.45) is 11.3 Å². The summed E-state index contributed by atoms with van der Waals surface area (Å²) in [6.07, 6.45) is 4.66. The summed E-state index contributed by atoms with van der Waals surface area (Å²) in [4.78, 5) is 11.6. The molecule has 0 aliphatic heterocycles. The van der Waals surface area contributed by atoms with Crippen LogP contribution in [-0.2, 0) is 11.3 Å². The first-order valence-corrected chi connectivity index (χ1v) is 7.53. The minimum absolute atomic E-state index is 0.362. The lowest BCUT2D eigenvalue weighted by molar-refractivity contribution is -0.150. The zero-order valence-corrected chi connectivity index (χ0v) is 12.5. The highest BCUT2D eigenvalue weighted by atomic mass is 16.4. The normalized spacial score (nSPS) is 23.1. The molecule has 6 heteroatoms. The van der Waals surface area contributed by atoms with Crippen LogP contribution in [0.5, 0.6) is 0 Å². The fourth-order valence-electron chi connectivity index (χ4n) is 3.25. The van der Waals surface area contributed by atoms with E-state index < -0.39 is 11.4 Å². The molecule has 1 aliphatic carbocycles. The Hall–Kier alpha value is -1.46. The van der Waals surface area contributed by atoms with Crippen LogP contribution in [0, 0.1) is 11.3 Å². The number of tetrazole rings is 1. The van der Waals surface area contributed by atoms with Gasteiger partial charge in [-0.2, -0.15) is 0 Å². The Balaban J connectivity index is 2.26. The quantitative estimate of drug-likeness (QED) is 0.865. The Labute approximate surface area is 119 Å². The average Bonchev–Trinajstić information content (AvgIpc) is 3.04. The Morgan fingerprint density at radius 1 is 1.40 bits per heavy atom. The SMILES string of the molecule is CCC(CC)(Cn1nnnc1C1CCCC1C)C(=O)O. The first-order chi connectivity index (χ1) is 9.54. The molecule has 1 aromatic rings. The number of rotatable bonds is 6. The van der Waals surface area contributed by atoms with Gasteiger partial charge in [0.25, 0.3) is 0 Å². The molecule has 0 aromatic carbocycles. The van der Waals surface area contributed by atoms with Gasteiger partial charge in [0.1, 0.15) is 0 Å². The van der Waals surface area contributed by atoms with Gasteiger partial charge in [0.15, 0.2) is 5.82 Å². The van der Waals surface area contributed by atoms with Crippen LogP contribution < -0.4 is 0 Å². The van der Waals surface area contributed by atoms with Crippen molar-refractivity contribution in [3.05, 3.63) is 5.82 Å². The van der Waals surface area contributed by atoms with E-state index in [2.05, 4.69) is 22.4 Å². The van der Waals surface area contributed by atoms with Crippen LogP contribution in [0.3, 0.4) is 0 Å². The molecule has 1 N–H and O–H groups in total. The summed E-state index contributed by atoms with van der Waals surface area (Å²) < 4.78 is 1.73. The van der Waals surface area contributed by atoms with E-state index in [0.29, 0.717) is 31.2 Å². The Morgan fingerprint density at radius 3 is 2.60 bits per heavy atom. The van der Waals surface area contributed by atoms with Crippen LogP contribution in [-0.4, -0.2) is 31.3 Å². The Bertz CT molecular complexity index is 467. The van der Waals surface area contributed by atoms with Crippen molar-refractivity contribution < 1.29 is 9.90 Å². The van der Waals surface area contributed by atoms with Gasteiger partial charge < -0.3 is 5.11 Å². The first kappa shape index (κ1) is 14.9. The third-order valence-electron chi connectivity index (χ3n) is 5.01. The van der Waals surface area contributed by atoms with Gasteiger partial charge in [-0.15, -0.1) is 5.10 Å². The van der Waals surface area contributed by atoms with Gasteiger partial charge in [0, 0.05) is 5.92 Å². The van der Waals surface area contributed by atoms with Crippen molar-refractivity contribution in [2.75, 3.05) is 0 Å². The number of carboxylic acid groups (broad SMARTS) is 1. The molecule has 112 valence electrons. The number of hydrogen-bond acceptors (Lipinski definition) is 4. The molecular formula is C14H24N4O2. The third kappa shape index (κ3) is 2.55. The average molecular weight is 280 g/mol. The van der Waals surface area contributed by atoms with E-state index in [4.69, 9.17) is 0 Å². The Morgan fingerprint density at radius 2 is 2.10 bits per heavy atom. The maximum atomic E-state index is 11.6. The molecule has 1 fully saturated rings. The molecule has 20 heavy (non-hydrogen) atoms. The second-order valence-corrected chi connectivity index (χ2v) is 6.00. The monoisotopic (exact) mass is 280 g/mol. The highest BCUT2D eigenvalue weighted by molar-refractivity contribution is 5.74. The maximum absolute atomic E-state index is 11.6. The van der Waals surface area contributed by atoms with Gasteiger partial charge in [-0.3, -0.25) is 4.79 Å². The van der Waals surface area contributed by atoms with Crippen LogP contribution >= 0.6 is 0 Å². The molecule has 0 amide bonds. The number of aliphatic carboxylic acids is 1. The van der Waals surface area contributed by atoms with E-state index in [-0.39, 0.29) is 0 Å². The lowest BCUT2D eigenvalue weighted by Gasteiger charge is -2.27. The van der Waals surface area contributed by atoms with Crippen molar-refractivity contribution in [2.45, 2.75) is 65.3 Å². The van der Waals surface area contributed by atoms with E-state index in [1.165, 1.54) is 12.8 Å². The van der Waals surface area contributed by atoms with Crippen LogP contribution in [0.25, 0.3) is 0 Å². The standard InChI is InChI=1S/C14H24N4O2/c1-4-14(5-2,13(19)20)9-18-12(15-16-17-18)11-8-6-7-10(11)3/h10-11H,4-9H2,1-3H3,(H,19,20). The number of carboxylic acids is 1. The van der Waals surface area contributed by atoms with E-state index in [1.807, 2.05) is 13.8 Å². The summed E-state index contributed by atoms with van der Waals surface area (Å²) in [7, 11) is 0. The number of hydrogen-bond donors (Lipinski definition) is 1. The molecule has 1 aromatic heterocycles. The van der Waals surface area contributed by atoms with Crippen molar-refractivity contribution >= 4 is 5.97 Å². The van der Waals surface area contributed by atoms with Gasteiger partial charge in [-0.25, -0.2) is 4.68 Å². The second-order valence-electron chi connectivity index (χ2n) is 6.00. The molecule has 1 heterocycles. The van der Waals surface area contributed by atoms with E-state index in [1.54, 1.807) is 4.68 Å². The summed E-state index contributed by atoms with van der Waals surface area (Å²) in [6, 6.07) is 0. The number of carbonyl (C=O) groups is 1. The predicted octanol–water partition coefficient (Wildman–Crippen LogP) is 2.47. The van der Waals surface area contributed by atoms with Gasteiger partial charge in [-0.1, -0.05) is 27.2 Å². The smallest absolute Gasteiger partial charge is 0.311 e. The molecular weight excluding hydrogens is 256 g/mol. The fourth-order valence-corrected chi connectivity index (χ4v) is 3.25. The van der Waals surface area contributed by atoms with Crippen LogP contribution in [0.1, 0.15) is 64.6 Å². The van der Waals surface area contributed by atoms with E-state index in [9.17, 15) is 9.90 Å². The minimum Gasteiger partial charge on any atom is -0.481 e. The summed E-state index contributed by atoms with van der Waals surface area (Å²) >= 11 is 0. The predicted molar refractivity (Wildman–Crippen MR) is 74.2 cm³/mol. The molecule has 2 unspecified atom stereocenters. The molecule has 6 nitrogen and oxygen atoms in total. The van der Waals surface area contributed by atoms with Crippen LogP contribution in [0.2, 0.25) is 0 Å². The van der Waals surface area contributed by atoms with Gasteiger partial charge in [-0.05, 0) is 42.0 Å². The largest absolute Gasteiger partial charge is 0.481 e. The highest BCUT2D eigenvalue weighted by Gasteiger charge is 2.38. The maximum Gasteiger partial charge on any atom is 0.311 e. The molecule has 1 aliphatic rings. The molecule has 0 bridgehead atoms. The summed E-state index contributed by atoms with van der Waals surface area (Å²) in [5, 5.41) is 21.6. The molecule has 2 atom stereocenters. The van der Waals surface area contributed by atoms with Gasteiger partial charge in [0.05, 0.1) is 12.0 Å². The van der Waals surface area contributed by atoms with Crippen LogP contribution in [0.4, 0.5) is 0 Å². The van der Waals surface area contributed by atoms with Gasteiger partial charge in [0.2, 0.25) is 0 Å². The molecule has 0 radical (unpaired) electrons. The fraction of sp³-hybridized carbons (Fsp3) is 0.857. The molecule has 0 spiro atoms. The topological polar surface area (TPSA) is 80.9 Å². The van der Waals surface area contributed by atoms with E-state index in [0.717, 1.165) is 12.2 Å². The van der Waals surface area contributed by atoms with E-state index >= 15 is 0 Å². The van der Waals surface area contributed by atoms with Crippen molar-refractivity contribution in [1.82, 2.24) is 20.2 Å². The minimum atomic E-state index is -0.772. The molecule has 2 rings (SSSR count). The van der Waals surface area contributed by atoms with Crippen molar-refractivity contribution in [1.29, 1.82) is 0 Å². The second kappa shape index (κ2) is 5.89. The zero-order valence-electron chi connectivity index (χ0n) is 12.5. The number of aromatic nitrogens is 4. The lowest BCUT2D eigenvalue weighted by atomic mass is 9.82.